The van der Waals surface area contributed by atoms with Gasteiger partial charge in [0, 0.05) is 12.2 Å². The fraction of sp³-hybridized carbons (Fsp3) is 0.150. The number of amides is 1. The Kier molecular flexibility index (Phi) is 5.07. The lowest BCUT2D eigenvalue weighted by Gasteiger charge is -2.18. The van der Waals surface area contributed by atoms with Gasteiger partial charge in [-0.3, -0.25) is 9.52 Å². The first kappa shape index (κ1) is 20.4. The lowest BCUT2D eigenvalue weighted by atomic mass is 10.1. The predicted octanol–water partition coefficient (Wildman–Crippen LogP) is 4.77. The first-order valence-corrected chi connectivity index (χ1v) is 11.2. The highest BCUT2D eigenvalue weighted by Crippen LogP contribution is 2.34. The molecule has 4 rings (SSSR count). The van der Waals surface area contributed by atoms with Crippen molar-refractivity contribution >= 4 is 38.6 Å². The molecular weight excluding hydrogens is 437 g/mol. The zero-order chi connectivity index (χ0) is 21.5. The van der Waals surface area contributed by atoms with Gasteiger partial charge in [-0.05, 0) is 53.8 Å². The Labute approximate surface area is 174 Å². The molecule has 0 radical (unpaired) electrons. The minimum atomic E-state index is -4.65. The third kappa shape index (κ3) is 3.92. The summed E-state index contributed by atoms with van der Waals surface area (Å²) < 4.78 is 66.3. The van der Waals surface area contributed by atoms with E-state index in [-0.39, 0.29) is 11.6 Å². The first-order valence-electron chi connectivity index (χ1n) is 8.83. The molecule has 3 aromatic rings. The molecule has 0 atom stereocenters. The Morgan fingerprint density at radius 2 is 1.87 bits per heavy atom. The van der Waals surface area contributed by atoms with E-state index in [1.54, 1.807) is 28.5 Å². The van der Waals surface area contributed by atoms with Crippen LogP contribution in [0, 0.1) is 0 Å². The van der Waals surface area contributed by atoms with Crippen LogP contribution in [0.4, 0.5) is 24.5 Å². The molecule has 0 saturated carbocycles. The van der Waals surface area contributed by atoms with Crippen LogP contribution in [0.3, 0.4) is 0 Å². The van der Waals surface area contributed by atoms with Crippen molar-refractivity contribution in [2.45, 2.75) is 17.5 Å². The minimum Gasteiger partial charge on any atom is -0.307 e. The van der Waals surface area contributed by atoms with Crippen molar-refractivity contribution in [2.75, 3.05) is 16.2 Å². The molecule has 1 aliphatic heterocycles. The van der Waals surface area contributed by atoms with Crippen LogP contribution in [0.5, 0.6) is 0 Å². The van der Waals surface area contributed by atoms with Crippen LogP contribution >= 0.6 is 11.3 Å². The molecule has 0 spiro atoms. The zero-order valence-corrected chi connectivity index (χ0v) is 16.9. The van der Waals surface area contributed by atoms with Crippen molar-refractivity contribution in [3.05, 3.63) is 76.0 Å². The average Bonchev–Trinajstić information content (AvgIpc) is 3.36. The maximum Gasteiger partial charge on any atom is 0.416 e. The second-order valence-corrected chi connectivity index (χ2v) is 9.29. The molecule has 0 unspecified atom stereocenters. The number of rotatable bonds is 4. The molecule has 2 heterocycles. The highest BCUT2D eigenvalue weighted by Gasteiger charge is 2.32. The van der Waals surface area contributed by atoms with Crippen molar-refractivity contribution in [2.24, 2.45) is 0 Å². The molecule has 1 aromatic heterocycles. The number of hydrogen-bond acceptors (Lipinski definition) is 4. The van der Waals surface area contributed by atoms with E-state index in [1.165, 1.54) is 23.5 Å². The van der Waals surface area contributed by atoms with E-state index in [1.807, 2.05) is 0 Å². The number of fused-ring (bicyclic) bond motifs is 1. The summed E-state index contributed by atoms with van der Waals surface area (Å²) in [5.74, 6) is -0.179. The maximum atomic E-state index is 12.9. The van der Waals surface area contributed by atoms with Crippen LogP contribution in [-0.2, 0) is 22.6 Å². The minimum absolute atomic E-state index is 0.164. The monoisotopic (exact) mass is 452 g/mol. The fourth-order valence-electron chi connectivity index (χ4n) is 3.24. The Balaban J connectivity index is 1.62. The smallest absolute Gasteiger partial charge is 0.307 e. The van der Waals surface area contributed by atoms with Crippen LogP contribution in [0.2, 0.25) is 0 Å². The Hall–Kier alpha value is -2.85. The topological polar surface area (TPSA) is 66.5 Å². The van der Waals surface area contributed by atoms with Crippen molar-refractivity contribution < 1.29 is 26.4 Å². The molecule has 1 amide bonds. The SMILES string of the molecule is O=C(c1cccs1)N1CCc2ccc(NS(=O)(=O)c3cccc(C(F)(F)F)c3)cc21. The number of thiophene rings is 1. The number of halogens is 3. The summed E-state index contributed by atoms with van der Waals surface area (Å²) in [7, 11) is -4.25. The van der Waals surface area contributed by atoms with Crippen molar-refractivity contribution in [1.82, 2.24) is 0 Å². The summed E-state index contributed by atoms with van der Waals surface area (Å²) in [4.78, 5) is 14.4. The normalized spacial score (nSPS) is 13.9. The van der Waals surface area contributed by atoms with Gasteiger partial charge in [0.1, 0.15) is 0 Å². The largest absolute Gasteiger partial charge is 0.416 e. The van der Waals surface area contributed by atoms with Gasteiger partial charge < -0.3 is 4.90 Å². The third-order valence-electron chi connectivity index (χ3n) is 4.68. The number of sulfonamides is 1. The summed E-state index contributed by atoms with van der Waals surface area (Å²) in [6, 6.07) is 11.8. The molecule has 30 heavy (non-hydrogen) atoms. The summed E-state index contributed by atoms with van der Waals surface area (Å²) in [5, 5.41) is 1.80. The van der Waals surface area contributed by atoms with Gasteiger partial charge in [-0.25, -0.2) is 8.42 Å². The van der Waals surface area contributed by atoms with Crippen LogP contribution < -0.4 is 9.62 Å². The second-order valence-electron chi connectivity index (χ2n) is 6.66. The van der Waals surface area contributed by atoms with E-state index in [9.17, 15) is 26.4 Å². The molecule has 1 aliphatic rings. The number of hydrogen-bond donors (Lipinski definition) is 1. The highest BCUT2D eigenvalue weighted by molar-refractivity contribution is 7.92. The summed E-state index contributed by atoms with van der Waals surface area (Å²) >= 11 is 1.31. The van der Waals surface area contributed by atoms with Crippen LogP contribution in [0.15, 0.2) is 64.9 Å². The van der Waals surface area contributed by atoms with Gasteiger partial charge in [-0.2, -0.15) is 13.2 Å². The molecule has 0 saturated heterocycles. The molecule has 0 fully saturated rings. The predicted molar refractivity (Wildman–Crippen MR) is 108 cm³/mol. The van der Waals surface area contributed by atoms with Gasteiger partial charge in [0.05, 0.1) is 21.0 Å². The van der Waals surface area contributed by atoms with E-state index in [0.717, 1.165) is 23.8 Å². The van der Waals surface area contributed by atoms with Crippen molar-refractivity contribution in [3.8, 4) is 0 Å². The lowest BCUT2D eigenvalue weighted by Crippen LogP contribution is -2.28. The molecule has 1 N–H and O–H groups in total. The number of carbonyl (C=O) groups excluding carboxylic acids is 1. The summed E-state index contributed by atoms with van der Waals surface area (Å²) in [6.07, 6.45) is -4.02. The summed E-state index contributed by atoms with van der Waals surface area (Å²) in [6.45, 7) is 0.468. The Morgan fingerprint density at radius 1 is 1.07 bits per heavy atom. The van der Waals surface area contributed by atoms with Crippen molar-refractivity contribution in [3.63, 3.8) is 0 Å². The zero-order valence-electron chi connectivity index (χ0n) is 15.3. The lowest BCUT2D eigenvalue weighted by molar-refractivity contribution is -0.137. The number of nitrogens with one attached hydrogen (secondary N) is 1. The molecular formula is C20H15F3N2O3S2. The molecule has 5 nitrogen and oxygen atoms in total. The summed E-state index contributed by atoms with van der Waals surface area (Å²) in [5.41, 5.74) is 0.587. The van der Waals surface area contributed by atoms with E-state index < -0.39 is 26.7 Å². The molecule has 10 heteroatoms. The molecule has 0 aliphatic carbocycles. The second kappa shape index (κ2) is 7.44. The Bertz CT molecular complexity index is 1210. The van der Waals surface area contributed by atoms with Crippen molar-refractivity contribution in [1.29, 1.82) is 0 Å². The van der Waals surface area contributed by atoms with Crippen LogP contribution in [-0.4, -0.2) is 20.9 Å². The molecule has 0 bridgehead atoms. The number of benzene rings is 2. The fourth-order valence-corrected chi connectivity index (χ4v) is 5.01. The van der Waals surface area contributed by atoms with E-state index in [2.05, 4.69) is 4.72 Å². The van der Waals surface area contributed by atoms with Crippen LogP contribution in [0.1, 0.15) is 20.8 Å². The van der Waals surface area contributed by atoms with E-state index in [4.69, 9.17) is 0 Å². The van der Waals surface area contributed by atoms with Gasteiger partial charge in [-0.1, -0.05) is 18.2 Å². The van der Waals surface area contributed by atoms with Crippen LogP contribution in [0.25, 0.3) is 0 Å². The van der Waals surface area contributed by atoms with Gasteiger partial charge in [0.15, 0.2) is 0 Å². The standard InChI is InChI=1S/C20H15F3N2O3S2/c21-20(22,23)14-3-1-4-16(11-14)30(27,28)24-15-7-6-13-8-9-25(17(13)12-15)19(26)18-5-2-10-29-18/h1-7,10-12,24H,8-9H2. The number of nitrogens with zero attached hydrogens (tertiary/aromatic N) is 1. The molecule has 2 aromatic carbocycles. The average molecular weight is 452 g/mol. The number of carbonyl (C=O) groups is 1. The third-order valence-corrected chi connectivity index (χ3v) is 6.92. The van der Waals surface area contributed by atoms with Gasteiger partial charge in [0.2, 0.25) is 0 Å². The van der Waals surface area contributed by atoms with Gasteiger partial charge in [-0.15, -0.1) is 11.3 Å². The number of anilines is 2. The van der Waals surface area contributed by atoms with Gasteiger partial charge in [0.25, 0.3) is 15.9 Å². The Morgan fingerprint density at radius 3 is 2.57 bits per heavy atom. The first-order chi connectivity index (χ1) is 14.1. The quantitative estimate of drug-likeness (QED) is 0.620. The molecule has 156 valence electrons. The highest BCUT2D eigenvalue weighted by atomic mass is 32.2. The van der Waals surface area contributed by atoms with Gasteiger partial charge >= 0.3 is 6.18 Å². The maximum absolute atomic E-state index is 12.9. The van der Waals surface area contributed by atoms with E-state index >= 15 is 0 Å². The number of alkyl halides is 3. The van der Waals surface area contributed by atoms with E-state index in [0.29, 0.717) is 29.6 Å².